The lowest BCUT2D eigenvalue weighted by atomic mass is 10.1. The summed E-state index contributed by atoms with van der Waals surface area (Å²) < 4.78 is 123. The molecule has 8 N–H and O–H groups in total. The average molecular weight is 843 g/mol. The number of rotatable bonds is 10. The minimum Gasteiger partial charge on any atom is -0.508 e. The van der Waals surface area contributed by atoms with Crippen molar-refractivity contribution in [1.29, 1.82) is 0 Å². The molecule has 6 rings (SSSR count). The Morgan fingerprint density at radius 3 is 1.21 bits per heavy atom. The molecule has 56 heavy (non-hydrogen) atoms. The maximum absolute atomic E-state index is 13.2. The summed E-state index contributed by atoms with van der Waals surface area (Å²) in [6, 6.07) is 18.7. The molecule has 0 aliphatic rings. The molecule has 6 aromatic carbocycles. The van der Waals surface area contributed by atoms with Crippen LogP contribution in [0.1, 0.15) is 11.1 Å². The molecular formula is C35H30N4O13S4. The molecule has 0 radical (unpaired) electrons. The van der Waals surface area contributed by atoms with E-state index in [0.29, 0.717) is 21.5 Å². The van der Waals surface area contributed by atoms with Crippen LogP contribution in [0.15, 0.2) is 117 Å². The fourth-order valence-corrected chi connectivity index (χ4v) is 9.30. The number of sulfonamides is 2. The molecule has 0 spiro atoms. The highest BCUT2D eigenvalue weighted by molar-refractivity contribution is 7.91. The van der Waals surface area contributed by atoms with Crippen molar-refractivity contribution in [2.24, 2.45) is 0 Å². The van der Waals surface area contributed by atoms with Crippen LogP contribution in [0.25, 0.3) is 21.5 Å². The quantitative estimate of drug-likeness (QED) is 0.0804. The Balaban J connectivity index is 1.19. The second kappa shape index (κ2) is 14.3. The Bertz CT molecular complexity index is 2880. The molecular weight excluding hydrogens is 813 g/mol. The molecule has 0 aromatic heterocycles. The van der Waals surface area contributed by atoms with Crippen LogP contribution in [0.5, 0.6) is 11.5 Å². The molecule has 0 atom stereocenters. The Morgan fingerprint density at radius 2 is 0.875 bits per heavy atom. The van der Waals surface area contributed by atoms with Gasteiger partial charge < -0.3 is 20.8 Å². The van der Waals surface area contributed by atoms with E-state index >= 15 is 0 Å². The molecule has 0 bridgehead atoms. The predicted octanol–water partition coefficient (Wildman–Crippen LogP) is 5.38. The van der Waals surface area contributed by atoms with E-state index < -0.39 is 65.9 Å². The lowest BCUT2D eigenvalue weighted by Crippen LogP contribution is -2.42. The van der Waals surface area contributed by atoms with Gasteiger partial charge in [0.25, 0.3) is 40.3 Å². The minimum atomic E-state index is -4.68. The van der Waals surface area contributed by atoms with Gasteiger partial charge in [-0.2, -0.15) is 16.8 Å². The SMILES string of the molecule is Cc1cc(Nc2cc(S(=O)(=O)O)cc3ccc(O)cc23)ccc1S(=O)(=O)NC(=O)NS(=O)(=O)c1ccc(Nc2cc(S(=O)(=O)O)cc3ccc(O)cc23)cc1C. The number of phenolic OH excluding ortho intramolecular Hbond substituents is 2. The molecule has 21 heteroatoms. The number of aromatic hydroxyl groups is 2. The molecule has 6 aromatic rings. The highest BCUT2D eigenvalue weighted by Crippen LogP contribution is 2.35. The number of carbonyl (C=O) groups excluding carboxylic acids is 1. The zero-order valence-corrected chi connectivity index (χ0v) is 32.1. The fourth-order valence-electron chi connectivity index (χ4n) is 5.88. The lowest BCUT2D eigenvalue weighted by molar-refractivity contribution is 0.250. The molecule has 0 aliphatic carbocycles. The van der Waals surface area contributed by atoms with Gasteiger partial charge in [0.15, 0.2) is 0 Å². The molecule has 0 saturated carbocycles. The van der Waals surface area contributed by atoms with Gasteiger partial charge in [0.2, 0.25) is 0 Å². The second-order valence-corrected chi connectivity index (χ2v) is 18.6. The van der Waals surface area contributed by atoms with E-state index in [2.05, 4.69) is 10.6 Å². The fraction of sp³-hybridized carbons (Fsp3) is 0.0571. The van der Waals surface area contributed by atoms with Crippen LogP contribution in [-0.4, -0.2) is 59.0 Å². The number of fused-ring (bicyclic) bond motifs is 2. The number of amides is 2. The standard InChI is InChI=1S/C35H30N4O13S4/c1-19-11-23(36-31-17-27(55(47,48)49)13-21-3-7-25(40)15-29(21)31)5-9-33(19)53(43,44)38-35(42)39-54(45,46)34-10-6-24(12-20(34)2)37-32-18-28(56(50,51)52)14-22-4-8-26(41)16-30(22)32/h3-18,36-37,40-41H,1-2H3,(H2,38,39,42)(H,47,48,49)(H,50,51,52). The summed E-state index contributed by atoms with van der Waals surface area (Å²) in [6.45, 7) is 2.77. The Kier molecular flexibility index (Phi) is 10.1. The molecule has 2 amide bonds. The van der Waals surface area contributed by atoms with Crippen molar-refractivity contribution in [3.05, 3.63) is 108 Å². The normalized spacial score (nSPS) is 12.4. The summed E-state index contributed by atoms with van der Waals surface area (Å²) in [4.78, 5) is 11.1. The number of carbonyl (C=O) groups is 1. The highest BCUT2D eigenvalue weighted by atomic mass is 32.2. The summed E-state index contributed by atoms with van der Waals surface area (Å²) >= 11 is 0. The summed E-state index contributed by atoms with van der Waals surface area (Å²) in [6.07, 6.45) is 0. The average Bonchev–Trinajstić information content (AvgIpc) is 3.07. The van der Waals surface area contributed by atoms with Gasteiger partial charge in [-0.3, -0.25) is 9.11 Å². The Hall–Kier alpha value is -5.97. The molecule has 17 nitrogen and oxygen atoms in total. The van der Waals surface area contributed by atoms with Gasteiger partial charge in [0.05, 0.1) is 19.6 Å². The van der Waals surface area contributed by atoms with Crippen molar-refractivity contribution < 1.29 is 57.8 Å². The second-order valence-electron chi connectivity index (χ2n) is 12.5. The summed E-state index contributed by atoms with van der Waals surface area (Å²) in [5.74, 6) is -0.265. The summed E-state index contributed by atoms with van der Waals surface area (Å²) in [5.41, 5.74) is 0.944. The Labute approximate surface area is 320 Å². The van der Waals surface area contributed by atoms with E-state index in [4.69, 9.17) is 0 Å². The van der Waals surface area contributed by atoms with Crippen molar-refractivity contribution in [1.82, 2.24) is 9.44 Å². The number of phenols is 2. The van der Waals surface area contributed by atoms with Crippen molar-refractivity contribution in [2.75, 3.05) is 10.6 Å². The first-order valence-electron chi connectivity index (χ1n) is 15.8. The van der Waals surface area contributed by atoms with Crippen molar-refractivity contribution in [3.8, 4) is 11.5 Å². The number of hydrogen-bond donors (Lipinski definition) is 8. The topological polar surface area (TPSA) is 283 Å². The first kappa shape index (κ1) is 39.7. The Morgan fingerprint density at radius 1 is 0.500 bits per heavy atom. The van der Waals surface area contributed by atoms with E-state index in [0.717, 1.165) is 24.3 Å². The number of anilines is 4. The predicted molar refractivity (Wildman–Crippen MR) is 206 cm³/mol. The van der Waals surface area contributed by atoms with Crippen LogP contribution in [0.4, 0.5) is 27.5 Å². The zero-order valence-electron chi connectivity index (χ0n) is 28.8. The number of nitrogens with one attached hydrogen (secondary N) is 4. The first-order valence-corrected chi connectivity index (χ1v) is 21.7. The number of aryl methyl sites for hydroxylation is 2. The zero-order chi connectivity index (χ0) is 41.0. The number of hydrogen-bond acceptors (Lipinski definition) is 13. The number of benzene rings is 6. The van der Waals surface area contributed by atoms with Gasteiger partial charge in [-0.25, -0.2) is 31.1 Å². The minimum absolute atomic E-state index is 0.0836. The van der Waals surface area contributed by atoms with Crippen LogP contribution in [0.3, 0.4) is 0 Å². The molecule has 0 heterocycles. The largest absolute Gasteiger partial charge is 0.508 e. The summed E-state index contributed by atoms with van der Waals surface area (Å²) in [5, 5.41) is 27.3. The molecule has 0 saturated heterocycles. The van der Waals surface area contributed by atoms with E-state index in [1.807, 2.05) is 0 Å². The van der Waals surface area contributed by atoms with Crippen molar-refractivity contribution in [2.45, 2.75) is 33.4 Å². The number of urea groups is 1. The smallest absolute Gasteiger partial charge is 0.342 e. The van der Waals surface area contributed by atoms with E-state index in [9.17, 15) is 57.8 Å². The van der Waals surface area contributed by atoms with E-state index in [-0.39, 0.29) is 45.4 Å². The molecule has 0 unspecified atom stereocenters. The van der Waals surface area contributed by atoms with Crippen LogP contribution in [0.2, 0.25) is 0 Å². The van der Waals surface area contributed by atoms with Crippen molar-refractivity contribution >= 4 is 90.6 Å². The third-order valence-electron chi connectivity index (χ3n) is 8.36. The molecule has 0 fully saturated rings. The molecule has 292 valence electrons. The third-order valence-corrected chi connectivity index (χ3v) is 13.0. The lowest BCUT2D eigenvalue weighted by Gasteiger charge is -2.16. The van der Waals surface area contributed by atoms with Crippen molar-refractivity contribution in [3.63, 3.8) is 0 Å². The van der Waals surface area contributed by atoms with Crippen LogP contribution < -0.4 is 20.1 Å². The van der Waals surface area contributed by atoms with E-state index in [1.54, 1.807) is 9.44 Å². The van der Waals surface area contributed by atoms with Gasteiger partial charge in [-0.1, -0.05) is 12.1 Å². The van der Waals surface area contributed by atoms with Gasteiger partial charge >= 0.3 is 6.03 Å². The van der Waals surface area contributed by atoms with Crippen LogP contribution >= 0.6 is 0 Å². The first-order chi connectivity index (χ1) is 26.0. The highest BCUT2D eigenvalue weighted by Gasteiger charge is 2.26. The molecule has 0 aliphatic heterocycles. The third kappa shape index (κ3) is 8.46. The maximum atomic E-state index is 13.2. The van der Waals surface area contributed by atoms with Crippen LogP contribution in [0, 0.1) is 13.8 Å². The monoisotopic (exact) mass is 842 g/mol. The van der Waals surface area contributed by atoms with Gasteiger partial charge in [0.1, 0.15) is 11.5 Å². The van der Waals surface area contributed by atoms with Gasteiger partial charge in [-0.15, -0.1) is 0 Å². The van der Waals surface area contributed by atoms with Crippen LogP contribution in [-0.2, 0) is 40.3 Å². The van der Waals surface area contributed by atoms with E-state index in [1.165, 1.54) is 86.6 Å². The van der Waals surface area contributed by atoms with Gasteiger partial charge in [-0.05, 0) is 121 Å². The van der Waals surface area contributed by atoms with Gasteiger partial charge in [0, 0.05) is 33.5 Å². The summed E-state index contributed by atoms with van der Waals surface area (Å²) in [7, 11) is -18.6. The maximum Gasteiger partial charge on any atom is 0.342 e.